The number of benzene rings is 1. The van der Waals surface area contributed by atoms with E-state index >= 15 is 0 Å². The summed E-state index contributed by atoms with van der Waals surface area (Å²) in [4.78, 5) is 10.5. The maximum atomic E-state index is 10.5. The van der Waals surface area contributed by atoms with Crippen molar-refractivity contribution in [2.24, 2.45) is 0 Å². The predicted octanol–water partition coefficient (Wildman–Crippen LogP) is 4.83. The standard InChI is InChI=1S/C13H15Br2NO/c14-11-6-10(9-4-2-1-3-5-9)7-12(15)13(11)16-8-17/h6-9H,1-5H2,(H,16,17). The minimum Gasteiger partial charge on any atom is -0.327 e. The van der Waals surface area contributed by atoms with E-state index in [1.54, 1.807) is 0 Å². The van der Waals surface area contributed by atoms with E-state index in [0.717, 1.165) is 14.6 Å². The van der Waals surface area contributed by atoms with Crippen LogP contribution in [0.3, 0.4) is 0 Å². The monoisotopic (exact) mass is 359 g/mol. The maximum Gasteiger partial charge on any atom is 0.211 e. The number of hydrogen-bond donors (Lipinski definition) is 1. The van der Waals surface area contributed by atoms with Gasteiger partial charge in [-0.15, -0.1) is 0 Å². The van der Waals surface area contributed by atoms with Gasteiger partial charge < -0.3 is 5.32 Å². The molecule has 2 nitrogen and oxygen atoms in total. The van der Waals surface area contributed by atoms with E-state index in [1.165, 1.54) is 37.7 Å². The first-order chi connectivity index (χ1) is 8.22. The van der Waals surface area contributed by atoms with Gasteiger partial charge in [0.25, 0.3) is 0 Å². The number of rotatable bonds is 3. The van der Waals surface area contributed by atoms with Crippen molar-refractivity contribution < 1.29 is 4.79 Å². The average molecular weight is 361 g/mol. The zero-order chi connectivity index (χ0) is 12.3. The summed E-state index contributed by atoms with van der Waals surface area (Å²) in [5.74, 6) is 0.668. The lowest BCUT2D eigenvalue weighted by Crippen LogP contribution is -2.05. The molecule has 1 fully saturated rings. The Morgan fingerprint density at radius 2 is 1.71 bits per heavy atom. The van der Waals surface area contributed by atoms with Gasteiger partial charge in [-0.3, -0.25) is 4.79 Å². The highest BCUT2D eigenvalue weighted by Gasteiger charge is 2.17. The Morgan fingerprint density at radius 3 is 2.24 bits per heavy atom. The molecule has 1 saturated carbocycles. The van der Waals surface area contributed by atoms with Crippen molar-refractivity contribution in [3.8, 4) is 0 Å². The topological polar surface area (TPSA) is 29.1 Å². The predicted molar refractivity (Wildman–Crippen MR) is 77.4 cm³/mol. The number of nitrogens with one attached hydrogen (secondary N) is 1. The molecule has 0 spiro atoms. The Balaban J connectivity index is 2.27. The zero-order valence-electron chi connectivity index (χ0n) is 9.51. The van der Waals surface area contributed by atoms with Gasteiger partial charge >= 0.3 is 0 Å². The van der Waals surface area contributed by atoms with Crippen LogP contribution in [0.15, 0.2) is 21.1 Å². The van der Waals surface area contributed by atoms with Crippen LogP contribution in [0.4, 0.5) is 5.69 Å². The van der Waals surface area contributed by atoms with E-state index in [0.29, 0.717) is 12.3 Å². The fraction of sp³-hybridized carbons (Fsp3) is 0.462. The Labute approximate surface area is 118 Å². The molecular weight excluding hydrogens is 346 g/mol. The molecule has 1 aliphatic rings. The highest BCUT2D eigenvalue weighted by molar-refractivity contribution is 9.11. The van der Waals surface area contributed by atoms with Crippen LogP contribution in [0, 0.1) is 0 Å². The molecule has 0 unspecified atom stereocenters. The van der Waals surface area contributed by atoms with Gasteiger partial charge in [0.2, 0.25) is 6.41 Å². The van der Waals surface area contributed by atoms with E-state index in [9.17, 15) is 4.79 Å². The fourth-order valence-corrected chi connectivity index (χ4v) is 3.91. The highest BCUT2D eigenvalue weighted by atomic mass is 79.9. The molecule has 0 aliphatic heterocycles. The molecule has 0 heterocycles. The molecule has 4 heteroatoms. The summed E-state index contributed by atoms with van der Waals surface area (Å²) < 4.78 is 1.89. The highest BCUT2D eigenvalue weighted by Crippen LogP contribution is 2.39. The van der Waals surface area contributed by atoms with Crippen molar-refractivity contribution >= 4 is 44.0 Å². The van der Waals surface area contributed by atoms with Gasteiger partial charge in [-0.2, -0.15) is 0 Å². The fourth-order valence-electron chi connectivity index (χ4n) is 2.46. The molecule has 0 radical (unpaired) electrons. The third kappa shape index (κ3) is 3.10. The van der Waals surface area contributed by atoms with Gasteiger partial charge in [0, 0.05) is 8.95 Å². The first-order valence-electron chi connectivity index (χ1n) is 5.91. The van der Waals surface area contributed by atoms with Crippen LogP contribution in [0.5, 0.6) is 0 Å². The minimum atomic E-state index is 0.668. The van der Waals surface area contributed by atoms with E-state index in [2.05, 4.69) is 49.3 Å². The largest absolute Gasteiger partial charge is 0.327 e. The van der Waals surface area contributed by atoms with Gasteiger partial charge in [-0.05, 0) is 68.3 Å². The first kappa shape index (κ1) is 13.1. The lowest BCUT2D eigenvalue weighted by atomic mass is 9.84. The maximum absolute atomic E-state index is 10.5. The summed E-state index contributed by atoms with van der Waals surface area (Å²) in [5, 5.41) is 2.70. The van der Waals surface area contributed by atoms with Crippen molar-refractivity contribution in [3.63, 3.8) is 0 Å². The van der Waals surface area contributed by atoms with Crippen LogP contribution in [0.2, 0.25) is 0 Å². The van der Waals surface area contributed by atoms with Gasteiger partial charge in [0.05, 0.1) is 5.69 Å². The van der Waals surface area contributed by atoms with Crippen LogP contribution < -0.4 is 5.32 Å². The SMILES string of the molecule is O=CNc1c(Br)cc(C2CCCCC2)cc1Br. The molecule has 1 N–H and O–H groups in total. The summed E-state index contributed by atoms with van der Waals surface area (Å²) in [6, 6.07) is 4.26. The van der Waals surface area contributed by atoms with E-state index < -0.39 is 0 Å². The van der Waals surface area contributed by atoms with Crippen molar-refractivity contribution in [2.45, 2.75) is 38.0 Å². The quantitative estimate of drug-likeness (QED) is 0.768. The molecule has 1 aromatic carbocycles. The molecule has 0 atom stereocenters. The second-order valence-electron chi connectivity index (χ2n) is 4.46. The lowest BCUT2D eigenvalue weighted by Gasteiger charge is -2.23. The molecule has 0 aromatic heterocycles. The molecule has 0 saturated heterocycles. The van der Waals surface area contributed by atoms with E-state index in [-0.39, 0.29) is 0 Å². The lowest BCUT2D eigenvalue weighted by molar-refractivity contribution is -0.105. The third-order valence-electron chi connectivity index (χ3n) is 3.34. The van der Waals surface area contributed by atoms with Gasteiger partial charge in [0.15, 0.2) is 0 Å². The molecule has 2 rings (SSSR count). The second kappa shape index (κ2) is 6.01. The number of halogens is 2. The molecule has 92 valence electrons. The summed E-state index contributed by atoms with van der Waals surface area (Å²) in [7, 11) is 0. The van der Waals surface area contributed by atoms with Crippen molar-refractivity contribution in [3.05, 3.63) is 26.6 Å². The Hall–Kier alpha value is -0.350. The smallest absolute Gasteiger partial charge is 0.211 e. The van der Waals surface area contributed by atoms with Crippen molar-refractivity contribution in [2.75, 3.05) is 5.32 Å². The summed E-state index contributed by atoms with van der Waals surface area (Å²) >= 11 is 7.03. The number of amides is 1. The van der Waals surface area contributed by atoms with Crippen LogP contribution >= 0.6 is 31.9 Å². The van der Waals surface area contributed by atoms with Crippen LogP contribution in [-0.4, -0.2) is 6.41 Å². The average Bonchev–Trinajstić information content (AvgIpc) is 2.35. The molecule has 0 bridgehead atoms. The van der Waals surface area contributed by atoms with E-state index in [1.807, 2.05) is 0 Å². The normalized spacial score (nSPS) is 16.8. The van der Waals surface area contributed by atoms with Crippen LogP contribution in [-0.2, 0) is 4.79 Å². The number of anilines is 1. The Bertz CT molecular complexity index is 391. The summed E-state index contributed by atoms with van der Waals surface area (Å²) in [6.07, 6.45) is 7.27. The van der Waals surface area contributed by atoms with Gasteiger partial charge in [-0.1, -0.05) is 19.3 Å². The Morgan fingerprint density at radius 1 is 1.12 bits per heavy atom. The Kier molecular flexibility index (Phi) is 4.62. The first-order valence-corrected chi connectivity index (χ1v) is 7.50. The van der Waals surface area contributed by atoms with Crippen LogP contribution in [0.25, 0.3) is 0 Å². The molecule has 17 heavy (non-hydrogen) atoms. The molecule has 1 aliphatic carbocycles. The zero-order valence-corrected chi connectivity index (χ0v) is 12.7. The van der Waals surface area contributed by atoms with Crippen molar-refractivity contribution in [1.82, 2.24) is 0 Å². The summed E-state index contributed by atoms with van der Waals surface area (Å²) in [5.41, 5.74) is 2.17. The molecule has 1 aromatic rings. The van der Waals surface area contributed by atoms with Gasteiger partial charge in [0.1, 0.15) is 0 Å². The van der Waals surface area contributed by atoms with E-state index in [4.69, 9.17) is 0 Å². The molecule has 1 amide bonds. The third-order valence-corrected chi connectivity index (χ3v) is 4.60. The number of carbonyl (C=O) groups excluding carboxylic acids is 1. The number of carbonyl (C=O) groups is 1. The summed E-state index contributed by atoms with van der Waals surface area (Å²) in [6.45, 7) is 0. The number of hydrogen-bond acceptors (Lipinski definition) is 1. The minimum absolute atomic E-state index is 0.668. The van der Waals surface area contributed by atoms with Gasteiger partial charge in [-0.25, -0.2) is 0 Å². The molecular formula is C13H15Br2NO. The van der Waals surface area contributed by atoms with Crippen molar-refractivity contribution in [1.29, 1.82) is 0 Å². The second-order valence-corrected chi connectivity index (χ2v) is 6.17. The van der Waals surface area contributed by atoms with Crippen LogP contribution in [0.1, 0.15) is 43.6 Å².